The third kappa shape index (κ3) is 4.31. The lowest BCUT2D eigenvalue weighted by molar-refractivity contribution is 0.0465. The molecule has 0 aliphatic carbocycles. The molecule has 0 saturated heterocycles. The zero-order valence-corrected chi connectivity index (χ0v) is 16.0. The van der Waals surface area contributed by atoms with Gasteiger partial charge in [-0.2, -0.15) is 0 Å². The first-order chi connectivity index (χ1) is 13.0. The van der Waals surface area contributed by atoms with Crippen LogP contribution in [0.15, 0.2) is 30.3 Å². The zero-order valence-electron chi connectivity index (χ0n) is 16.0. The van der Waals surface area contributed by atoms with Crippen molar-refractivity contribution in [3.63, 3.8) is 0 Å². The first-order valence-electron chi connectivity index (χ1n) is 8.10. The van der Waals surface area contributed by atoms with Crippen LogP contribution >= 0.6 is 0 Å². The molecule has 0 aromatic heterocycles. The SMILES string of the molecule is COc1ccc(C(C)=O)cc1COC(=O)c1ccc(OC)c(OC)c1OC. The van der Waals surface area contributed by atoms with E-state index in [0.717, 1.165) is 0 Å². The Morgan fingerprint density at radius 1 is 0.815 bits per heavy atom. The van der Waals surface area contributed by atoms with Gasteiger partial charge in [0.1, 0.15) is 17.9 Å². The first kappa shape index (κ1) is 20.1. The summed E-state index contributed by atoms with van der Waals surface area (Å²) in [6, 6.07) is 8.08. The van der Waals surface area contributed by atoms with Gasteiger partial charge in [0.15, 0.2) is 17.3 Å². The molecule has 0 atom stereocenters. The van der Waals surface area contributed by atoms with Gasteiger partial charge in [-0.15, -0.1) is 0 Å². The Bertz CT molecular complexity index is 842. The minimum atomic E-state index is -0.608. The van der Waals surface area contributed by atoms with Gasteiger partial charge in [0.2, 0.25) is 5.75 Å². The number of rotatable bonds is 8. The molecule has 0 aliphatic rings. The molecule has 2 aromatic rings. The summed E-state index contributed by atoms with van der Waals surface area (Å²) in [5, 5.41) is 0. The molecule has 2 rings (SSSR count). The number of carbonyl (C=O) groups is 2. The van der Waals surface area contributed by atoms with Crippen molar-refractivity contribution in [3.8, 4) is 23.0 Å². The maximum absolute atomic E-state index is 12.6. The number of benzene rings is 2. The summed E-state index contributed by atoms with van der Waals surface area (Å²) in [4.78, 5) is 24.2. The van der Waals surface area contributed by atoms with Crippen LogP contribution in [0.3, 0.4) is 0 Å². The standard InChI is InChI=1S/C20H22O7/c1-12(21)13-6-8-16(23-2)14(10-13)11-27-20(22)15-7-9-17(24-3)19(26-5)18(15)25-4/h6-10H,11H2,1-5H3. The average molecular weight is 374 g/mol. The van der Waals surface area contributed by atoms with Gasteiger partial charge in [-0.1, -0.05) is 0 Å². The fourth-order valence-corrected chi connectivity index (χ4v) is 2.59. The molecule has 0 heterocycles. The van der Waals surface area contributed by atoms with Crippen LogP contribution in [0.2, 0.25) is 0 Å². The summed E-state index contributed by atoms with van der Waals surface area (Å²) in [6.07, 6.45) is 0. The molecule has 0 radical (unpaired) electrons. The maximum atomic E-state index is 12.6. The minimum absolute atomic E-state index is 0.0688. The molecule has 2 aromatic carbocycles. The normalized spacial score (nSPS) is 10.1. The lowest BCUT2D eigenvalue weighted by atomic mass is 10.1. The summed E-state index contributed by atoms with van der Waals surface area (Å²) in [6.45, 7) is 1.40. The summed E-state index contributed by atoms with van der Waals surface area (Å²) >= 11 is 0. The van der Waals surface area contributed by atoms with E-state index >= 15 is 0 Å². The van der Waals surface area contributed by atoms with E-state index in [9.17, 15) is 9.59 Å². The van der Waals surface area contributed by atoms with E-state index in [4.69, 9.17) is 23.7 Å². The van der Waals surface area contributed by atoms with Crippen molar-refractivity contribution in [2.75, 3.05) is 28.4 Å². The van der Waals surface area contributed by atoms with Crippen LogP contribution in [0.25, 0.3) is 0 Å². The van der Waals surface area contributed by atoms with E-state index in [2.05, 4.69) is 0 Å². The minimum Gasteiger partial charge on any atom is -0.496 e. The number of methoxy groups -OCH3 is 4. The van der Waals surface area contributed by atoms with Crippen LogP contribution in [0.1, 0.15) is 33.2 Å². The lowest BCUT2D eigenvalue weighted by Crippen LogP contribution is -2.09. The first-order valence-corrected chi connectivity index (χ1v) is 8.10. The van der Waals surface area contributed by atoms with Crippen LogP contribution < -0.4 is 18.9 Å². The third-order valence-electron chi connectivity index (χ3n) is 3.97. The molecule has 0 spiro atoms. The molecule has 0 aliphatic heterocycles. The third-order valence-corrected chi connectivity index (χ3v) is 3.97. The molecular formula is C20H22O7. The Morgan fingerprint density at radius 3 is 2.00 bits per heavy atom. The molecule has 27 heavy (non-hydrogen) atoms. The second-order valence-corrected chi connectivity index (χ2v) is 5.54. The van der Waals surface area contributed by atoms with Gasteiger partial charge in [-0.05, 0) is 37.3 Å². The number of hydrogen-bond donors (Lipinski definition) is 0. The van der Waals surface area contributed by atoms with Crippen LogP contribution in [0.5, 0.6) is 23.0 Å². The van der Waals surface area contributed by atoms with Gasteiger partial charge >= 0.3 is 5.97 Å². The molecule has 0 bridgehead atoms. The quantitative estimate of drug-likeness (QED) is 0.518. The van der Waals surface area contributed by atoms with E-state index in [1.165, 1.54) is 41.4 Å². The summed E-state index contributed by atoms with van der Waals surface area (Å²) in [5.41, 5.74) is 1.28. The predicted molar refractivity (Wildman–Crippen MR) is 98.2 cm³/mol. The smallest absolute Gasteiger partial charge is 0.342 e. The fraction of sp³-hybridized carbons (Fsp3) is 0.300. The van der Waals surface area contributed by atoms with Crippen molar-refractivity contribution < 1.29 is 33.3 Å². The average Bonchev–Trinajstić information content (AvgIpc) is 2.70. The molecule has 0 fully saturated rings. The summed E-state index contributed by atoms with van der Waals surface area (Å²) in [7, 11) is 5.87. The number of Topliss-reactive ketones (excluding diaryl/α,β-unsaturated/α-hetero) is 1. The molecule has 0 N–H and O–H groups in total. The lowest BCUT2D eigenvalue weighted by Gasteiger charge is -2.15. The second kappa shape index (κ2) is 8.93. The van der Waals surface area contributed by atoms with Crippen LogP contribution in [-0.4, -0.2) is 40.2 Å². The van der Waals surface area contributed by atoms with Crippen molar-refractivity contribution in [1.29, 1.82) is 0 Å². The Labute approximate surface area is 157 Å². The van der Waals surface area contributed by atoms with Crippen molar-refractivity contribution in [3.05, 3.63) is 47.0 Å². The van der Waals surface area contributed by atoms with Gasteiger partial charge in [0.05, 0.1) is 28.4 Å². The Morgan fingerprint density at radius 2 is 1.44 bits per heavy atom. The van der Waals surface area contributed by atoms with Crippen LogP contribution in [0.4, 0.5) is 0 Å². The monoisotopic (exact) mass is 374 g/mol. The van der Waals surface area contributed by atoms with Crippen molar-refractivity contribution in [2.24, 2.45) is 0 Å². The largest absolute Gasteiger partial charge is 0.496 e. The second-order valence-electron chi connectivity index (χ2n) is 5.54. The Balaban J connectivity index is 2.29. The van der Waals surface area contributed by atoms with E-state index in [1.54, 1.807) is 24.3 Å². The highest BCUT2D eigenvalue weighted by atomic mass is 16.5. The predicted octanol–water partition coefficient (Wildman–Crippen LogP) is 3.28. The number of hydrogen-bond acceptors (Lipinski definition) is 7. The van der Waals surface area contributed by atoms with Crippen molar-refractivity contribution >= 4 is 11.8 Å². The molecule has 0 amide bonds. The van der Waals surface area contributed by atoms with Crippen molar-refractivity contribution in [2.45, 2.75) is 13.5 Å². The highest BCUT2D eigenvalue weighted by Crippen LogP contribution is 2.40. The van der Waals surface area contributed by atoms with Gasteiger partial charge in [-0.25, -0.2) is 4.79 Å². The number of ether oxygens (including phenoxy) is 5. The van der Waals surface area contributed by atoms with E-state index < -0.39 is 5.97 Å². The summed E-state index contributed by atoms with van der Waals surface area (Å²) in [5.74, 6) is 0.764. The van der Waals surface area contributed by atoms with E-state index in [1.807, 2.05) is 0 Å². The Kier molecular flexibility index (Phi) is 6.65. The fourth-order valence-electron chi connectivity index (χ4n) is 2.59. The van der Waals surface area contributed by atoms with Gasteiger partial charge in [-0.3, -0.25) is 4.79 Å². The van der Waals surface area contributed by atoms with Crippen LogP contribution in [0, 0.1) is 0 Å². The Hall–Kier alpha value is -3.22. The van der Waals surface area contributed by atoms with Gasteiger partial charge < -0.3 is 23.7 Å². The number of ketones is 1. The molecular weight excluding hydrogens is 352 g/mol. The highest BCUT2D eigenvalue weighted by molar-refractivity contribution is 5.95. The molecule has 144 valence electrons. The molecule has 0 saturated carbocycles. The summed E-state index contributed by atoms with van der Waals surface area (Å²) < 4.78 is 26.4. The number of esters is 1. The molecule has 7 nitrogen and oxygen atoms in total. The zero-order chi connectivity index (χ0) is 20.0. The molecule has 7 heteroatoms. The van der Waals surface area contributed by atoms with E-state index in [-0.39, 0.29) is 23.7 Å². The van der Waals surface area contributed by atoms with E-state index in [0.29, 0.717) is 28.4 Å². The molecule has 0 unspecified atom stereocenters. The van der Waals surface area contributed by atoms with Gasteiger partial charge in [0.25, 0.3) is 0 Å². The van der Waals surface area contributed by atoms with Gasteiger partial charge in [0, 0.05) is 11.1 Å². The van der Waals surface area contributed by atoms with Crippen LogP contribution in [-0.2, 0) is 11.3 Å². The van der Waals surface area contributed by atoms with Crippen molar-refractivity contribution in [1.82, 2.24) is 0 Å². The highest BCUT2D eigenvalue weighted by Gasteiger charge is 2.22. The number of carbonyl (C=O) groups excluding carboxylic acids is 2. The maximum Gasteiger partial charge on any atom is 0.342 e. The topological polar surface area (TPSA) is 80.3 Å².